The summed E-state index contributed by atoms with van der Waals surface area (Å²) in [5.74, 6) is -3.52. The number of carbonyl (C=O) groups excluding carboxylic acids is 1. The van der Waals surface area contributed by atoms with Gasteiger partial charge in [-0.05, 0) is 19.4 Å². The van der Waals surface area contributed by atoms with Crippen LogP contribution in [0.4, 0.5) is 13.2 Å². The van der Waals surface area contributed by atoms with Crippen molar-refractivity contribution in [2.24, 2.45) is 5.92 Å². The van der Waals surface area contributed by atoms with E-state index in [0.29, 0.717) is 19.4 Å². The van der Waals surface area contributed by atoms with Crippen LogP contribution in [0.25, 0.3) is 0 Å². The quantitative estimate of drug-likeness (QED) is 0.795. The third-order valence-electron chi connectivity index (χ3n) is 2.54. The molecular formula is C9H12F3NO3. The van der Waals surface area contributed by atoms with Crippen molar-refractivity contribution < 1.29 is 27.9 Å². The highest BCUT2D eigenvalue weighted by atomic mass is 19.4. The van der Waals surface area contributed by atoms with Gasteiger partial charge in [-0.3, -0.25) is 14.5 Å². The van der Waals surface area contributed by atoms with Crippen LogP contribution in [0.2, 0.25) is 0 Å². The molecule has 1 heterocycles. The minimum absolute atomic E-state index is 0.0111. The molecule has 0 aromatic heterocycles. The predicted octanol–water partition coefficient (Wildman–Crippen LogP) is 0.914. The highest BCUT2D eigenvalue weighted by molar-refractivity contribution is 5.86. The minimum atomic E-state index is -4.84. The Labute approximate surface area is 90.0 Å². The summed E-state index contributed by atoms with van der Waals surface area (Å²) >= 11 is 0. The molecular weight excluding hydrogens is 227 g/mol. The van der Waals surface area contributed by atoms with Crippen LogP contribution < -0.4 is 0 Å². The molecule has 92 valence electrons. The Hall–Kier alpha value is -1.11. The lowest BCUT2D eigenvalue weighted by Gasteiger charge is -2.30. The third kappa shape index (κ3) is 3.48. The van der Waals surface area contributed by atoms with E-state index in [4.69, 9.17) is 5.11 Å². The Morgan fingerprint density at radius 3 is 2.50 bits per heavy atom. The number of halogens is 3. The molecule has 7 heteroatoms. The Morgan fingerprint density at radius 2 is 2.00 bits per heavy atom. The van der Waals surface area contributed by atoms with Gasteiger partial charge in [-0.2, -0.15) is 13.2 Å². The number of carboxylic acids is 1. The zero-order valence-electron chi connectivity index (χ0n) is 8.46. The van der Waals surface area contributed by atoms with Gasteiger partial charge in [0.15, 0.2) is 0 Å². The smallest absolute Gasteiger partial charge is 0.451 e. The summed E-state index contributed by atoms with van der Waals surface area (Å²) < 4.78 is 35.9. The predicted molar refractivity (Wildman–Crippen MR) is 47.9 cm³/mol. The fourth-order valence-electron chi connectivity index (χ4n) is 1.69. The van der Waals surface area contributed by atoms with Crippen molar-refractivity contribution in [3.63, 3.8) is 0 Å². The van der Waals surface area contributed by atoms with Crippen molar-refractivity contribution in [2.45, 2.75) is 19.0 Å². The molecule has 16 heavy (non-hydrogen) atoms. The normalized spacial score (nSPS) is 23.1. The van der Waals surface area contributed by atoms with Crippen LogP contribution in [0, 0.1) is 5.92 Å². The SMILES string of the molecule is O=C(O)[C@@H]1CCCN(CC(=O)C(F)(F)F)C1. The van der Waals surface area contributed by atoms with Gasteiger partial charge >= 0.3 is 12.1 Å². The number of hydrogen-bond donors (Lipinski definition) is 1. The molecule has 0 spiro atoms. The highest BCUT2D eigenvalue weighted by Gasteiger charge is 2.39. The van der Waals surface area contributed by atoms with Crippen LogP contribution in [0.3, 0.4) is 0 Å². The summed E-state index contributed by atoms with van der Waals surface area (Å²) in [6.45, 7) is -0.393. The molecule has 0 amide bonds. The van der Waals surface area contributed by atoms with E-state index in [2.05, 4.69) is 0 Å². The van der Waals surface area contributed by atoms with Gasteiger partial charge < -0.3 is 5.11 Å². The molecule has 0 bridgehead atoms. The van der Waals surface area contributed by atoms with E-state index in [-0.39, 0.29) is 6.54 Å². The van der Waals surface area contributed by atoms with Crippen LogP contribution in [0.5, 0.6) is 0 Å². The summed E-state index contributed by atoms with van der Waals surface area (Å²) in [6, 6.07) is 0. The van der Waals surface area contributed by atoms with Crippen molar-refractivity contribution >= 4 is 11.8 Å². The minimum Gasteiger partial charge on any atom is -0.481 e. The average Bonchev–Trinajstić information content (AvgIpc) is 2.16. The number of ketones is 1. The molecule has 0 aromatic rings. The van der Waals surface area contributed by atoms with Gasteiger partial charge in [0.2, 0.25) is 5.78 Å². The summed E-state index contributed by atoms with van der Waals surface area (Å²) in [5.41, 5.74) is 0. The molecule has 1 aliphatic heterocycles. The first-order valence-corrected chi connectivity index (χ1v) is 4.86. The molecule has 4 nitrogen and oxygen atoms in total. The molecule has 0 aliphatic carbocycles. The van der Waals surface area contributed by atoms with Crippen LogP contribution in [0.15, 0.2) is 0 Å². The van der Waals surface area contributed by atoms with Crippen molar-refractivity contribution in [3.05, 3.63) is 0 Å². The summed E-state index contributed by atoms with van der Waals surface area (Å²) in [4.78, 5) is 22.6. The molecule has 0 saturated carbocycles. The van der Waals surface area contributed by atoms with Gasteiger partial charge in [-0.25, -0.2) is 0 Å². The van der Waals surface area contributed by atoms with Crippen LogP contribution in [-0.2, 0) is 9.59 Å². The lowest BCUT2D eigenvalue weighted by atomic mass is 9.98. The summed E-state index contributed by atoms with van der Waals surface area (Å²) in [7, 11) is 0. The second kappa shape index (κ2) is 4.82. The van der Waals surface area contributed by atoms with Gasteiger partial charge in [-0.15, -0.1) is 0 Å². The molecule has 1 saturated heterocycles. The maximum atomic E-state index is 12.0. The number of carbonyl (C=O) groups is 2. The standard InChI is InChI=1S/C9H12F3NO3/c10-9(11,12)7(14)5-13-3-1-2-6(4-13)8(15)16/h6H,1-5H2,(H,15,16)/t6-/m1/s1. The first kappa shape index (κ1) is 13.0. The maximum absolute atomic E-state index is 12.0. The van der Waals surface area contributed by atoms with E-state index in [1.807, 2.05) is 0 Å². The second-order valence-corrected chi connectivity index (χ2v) is 3.83. The van der Waals surface area contributed by atoms with Gasteiger partial charge in [0.25, 0.3) is 0 Å². The van der Waals surface area contributed by atoms with Crippen molar-refractivity contribution in [3.8, 4) is 0 Å². The number of Topliss-reactive ketones (excluding diaryl/α,β-unsaturated/α-hetero) is 1. The second-order valence-electron chi connectivity index (χ2n) is 3.83. The number of likely N-dealkylation sites (tertiary alicyclic amines) is 1. The fraction of sp³-hybridized carbons (Fsp3) is 0.778. The van der Waals surface area contributed by atoms with E-state index < -0.39 is 30.4 Å². The lowest BCUT2D eigenvalue weighted by Crippen LogP contribution is -2.44. The van der Waals surface area contributed by atoms with E-state index in [1.54, 1.807) is 0 Å². The highest BCUT2D eigenvalue weighted by Crippen LogP contribution is 2.20. The number of aliphatic carboxylic acids is 1. The topological polar surface area (TPSA) is 57.6 Å². The van der Waals surface area contributed by atoms with Crippen LogP contribution in [0.1, 0.15) is 12.8 Å². The maximum Gasteiger partial charge on any atom is 0.451 e. The van der Waals surface area contributed by atoms with Crippen LogP contribution in [-0.4, -0.2) is 47.6 Å². The van der Waals surface area contributed by atoms with Gasteiger partial charge in [-0.1, -0.05) is 0 Å². The Kier molecular flexibility index (Phi) is 3.90. The molecule has 0 aromatic carbocycles. The Morgan fingerprint density at radius 1 is 1.38 bits per heavy atom. The lowest BCUT2D eigenvalue weighted by molar-refractivity contribution is -0.172. The van der Waals surface area contributed by atoms with Crippen LogP contribution >= 0.6 is 0 Å². The number of rotatable bonds is 3. The van der Waals surface area contributed by atoms with Gasteiger partial charge in [0, 0.05) is 6.54 Å². The zero-order valence-corrected chi connectivity index (χ0v) is 8.46. The van der Waals surface area contributed by atoms with Crippen molar-refractivity contribution in [1.29, 1.82) is 0 Å². The number of piperidine rings is 1. The molecule has 0 radical (unpaired) electrons. The first-order chi connectivity index (χ1) is 7.30. The summed E-state index contributed by atoms with van der Waals surface area (Å²) in [6.07, 6.45) is -3.88. The van der Waals surface area contributed by atoms with E-state index in [9.17, 15) is 22.8 Å². The molecule has 1 atom stereocenters. The molecule has 1 rings (SSSR count). The number of nitrogens with zero attached hydrogens (tertiary/aromatic N) is 1. The van der Waals surface area contributed by atoms with Crippen molar-refractivity contribution in [1.82, 2.24) is 4.90 Å². The number of hydrogen-bond acceptors (Lipinski definition) is 3. The fourth-order valence-corrected chi connectivity index (χ4v) is 1.69. The van der Waals surface area contributed by atoms with Gasteiger partial charge in [0.1, 0.15) is 0 Å². The monoisotopic (exact) mass is 239 g/mol. The largest absolute Gasteiger partial charge is 0.481 e. The average molecular weight is 239 g/mol. The first-order valence-electron chi connectivity index (χ1n) is 4.86. The van der Waals surface area contributed by atoms with Crippen molar-refractivity contribution in [2.75, 3.05) is 19.6 Å². The molecule has 1 aliphatic rings. The number of carboxylic acid groups (broad SMARTS) is 1. The van der Waals surface area contributed by atoms with E-state index >= 15 is 0 Å². The Bertz CT molecular complexity index is 290. The van der Waals surface area contributed by atoms with E-state index in [0.717, 1.165) is 0 Å². The van der Waals surface area contributed by atoms with E-state index in [1.165, 1.54) is 4.90 Å². The molecule has 1 fully saturated rings. The molecule has 0 unspecified atom stereocenters. The number of alkyl halides is 3. The Balaban J connectivity index is 2.49. The summed E-state index contributed by atoms with van der Waals surface area (Å²) in [5, 5.41) is 8.72. The third-order valence-corrected chi connectivity index (χ3v) is 2.54. The molecule has 1 N–H and O–H groups in total. The van der Waals surface area contributed by atoms with Gasteiger partial charge in [0.05, 0.1) is 12.5 Å². The zero-order chi connectivity index (χ0) is 12.3.